The van der Waals surface area contributed by atoms with Crippen LogP contribution in [-0.2, 0) is 4.79 Å². The fourth-order valence-corrected chi connectivity index (χ4v) is 2.73. The van der Waals surface area contributed by atoms with Crippen molar-refractivity contribution in [2.75, 3.05) is 6.54 Å². The molecule has 0 amide bonds. The van der Waals surface area contributed by atoms with Crippen molar-refractivity contribution in [3.8, 4) is 0 Å². The number of carboxylic acid groups (broad SMARTS) is 1. The monoisotopic (exact) mass is 227 g/mol. The largest absolute Gasteiger partial charge is 0.481 e. The summed E-state index contributed by atoms with van der Waals surface area (Å²) in [5, 5.41) is 8.86. The van der Waals surface area contributed by atoms with Gasteiger partial charge in [0.2, 0.25) is 0 Å². The van der Waals surface area contributed by atoms with Crippen LogP contribution in [0.3, 0.4) is 0 Å². The van der Waals surface area contributed by atoms with E-state index in [-0.39, 0.29) is 5.54 Å². The Bertz CT molecular complexity index is 250. The smallest absolute Gasteiger partial charge is 0.303 e. The zero-order valence-corrected chi connectivity index (χ0v) is 11.0. The quantitative estimate of drug-likeness (QED) is 0.803. The van der Waals surface area contributed by atoms with Crippen LogP contribution in [0.1, 0.15) is 53.4 Å². The maximum atomic E-state index is 10.8. The van der Waals surface area contributed by atoms with Gasteiger partial charge in [-0.05, 0) is 46.0 Å². The third kappa shape index (κ3) is 3.21. The van der Waals surface area contributed by atoms with Crippen LogP contribution in [0.15, 0.2) is 0 Å². The van der Waals surface area contributed by atoms with Gasteiger partial charge in [-0.15, -0.1) is 0 Å². The third-order valence-corrected chi connectivity index (χ3v) is 3.98. The fraction of sp³-hybridized carbons (Fsp3) is 0.923. The summed E-state index contributed by atoms with van der Waals surface area (Å²) < 4.78 is 0. The number of hydrogen-bond donors (Lipinski definition) is 1. The van der Waals surface area contributed by atoms with Crippen molar-refractivity contribution in [3.63, 3.8) is 0 Å². The minimum Gasteiger partial charge on any atom is -0.481 e. The second kappa shape index (κ2) is 5.17. The molecule has 1 heterocycles. The van der Waals surface area contributed by atoms with Crippen molar-refractivity contribution in [2.45, 2.75) is 65.0 Å². The Morgan fingerprint density at radius 1 is 1.56 bits per heavy atom. The first-order valence-corrected chi connectivity index (χ1v) is 6.35. The van der Waals surface area contributed by atoms with Crippen molar-refractivity contribution in [1.29, 1.82) is 0 Å². The van der Waals surface area contributed by atoms with Gasteiger partial charge in [-0.1, -0.05) is 6.92 Å². The van der Waals surface area contributed by atoms with Crippen LogP contribution < -0.4 is 0 Å². The van der Waals surface area contributed by atoms with Crippen LogP contribution >= 0.6 is 0 Å². The Kier molecular flexibility index (Phi) is 4.36. The van der Waals surface area contributed by atoms with E-state index in [4.69, 9.17) is 5.11 Å². The van der Waals surface area contributed by atoms with E-state index in [9.17, 15) is 4.79 Å². The van der Waals surface area contributed by atoms with Gasteiger partial charge < -0.3 is 5.11 Å². The predicted octanol–water partition coefficient (Wildman–Crippen LogP) is 2.75. The van der Waals surface area contributed by atoms with Crippen LogP contribution in [0.2, 0.25) is 0 Å². The van der Waals surface area contributed by atoms with Crippen molar-refractivity contribution in [1.82, 2.24) is 4.90 Å². The summed E-state index contributed by atoms with van der Waals surface area (Å²) in [6.07, 6.45) is 3.60. The molecule has 2 unspecified atom stereocenters. The van der Waals surface area contributed by atoms with E-state index in [1.807, 2.05) is 0 Å². The molecule has 0 aliphatic carbocycles. The molecular weight excluding hydrogens is 202 g/mol. The lowest BCUT2D eigenvalue weighted by atomic mass is 9.82. The zero-order valence-electron chi connectivity index (χ0n) is 11.0. The van der Waals surface area contributed by atoms with Crippen LogP contribution in [0.5, 0.6) is 0 Å². The summed E-state index contributed by atoms with van der Waals surface area (Å²) in [4.78, 5) is 13.2. The number of piperidine rings is 1. The zero-order chi connectivity index (χ0) is 12.3. The van der Waals surface area contributed by atoms with E-state index in [2.05, 4.69) is 32.6 Å². The van der Waals surface area contributed by atoms with E-state index in [1.165, 1.54) is 0 Å². The molecule has 3 heteroatoms. The lowest BCUT2D eigenvalue weighted by Crippen LogP contribution is -2.54. The van der Waals surface area contributed by atoms with Gasteiger partial charge in [-0.3, -0.25) is 9.69 Å². The average Bonchev–Trinajstić information content (AvgIpc) is 2.19. The Morgan fingerprint density at radius 3 is 2.69 bits per heavy atom. The molecule has 0 radical (unpaired) electrons. The molecule has 0 spiro atoms. The van der Waals surface area contributed by atoms with E-state index >= 15 is 0 Å². The van der Waals surface area contributed by atoms with Crippen LogP contribution in [0.4, 0.5) is 0 Å². The van der Waals surface area contributed by atoms with Gasteiger partial charge in [0.25, 0.3) is 0 Å². The SMILES string of the molecule is CCC(C)N1CC(CC(=O)O)CCC1(C)C. The first-order chi connectivity index (χ1) is 7.36. The van der Waals surface area contributed by atoms with E-state index in [0.29, 0.717) is 18.4 Å². The summed E-state index contributed by atoms with van der Waals surface area (Å²) in [6.45, 7) is 9.92. The second-order valence-corrected chi connectivity index (χ2v) is 5.72. The molecule has 1 saturated heterocycles. The normalized spacial score (nSPS) is 27.6. The molecule has 1 aliphatic rings. The lowest BCUT2D eigenvalue weighted by Gasteiger charge is -2.48. The molecule has 1 rings (SSSR count). The number of carboxylic acids is 1. The highest BCUT2D eigenvalue weighted by Crippen LogP contribution is 2.34. The topological polar surface area (TPSA) is 40.5 Å². The molecule has 0 bridgehead atoms. The van der Waals surface area contributed by atoms with E-state index < -0.39 is 5.97 Å². The number of aliphatic carboxylic acids is 1. The molecule has 1 N–H and O–H groups in total. The molecule has 0 aromatic carbocycles. The van der Waals surface area contributed by atoms with Crippen LogP contribution in [0.25, 0.3) is 0 Å². The Hall–Kier alpha value is -0.570. The molecule has 94 valence electrons. The molecular formula is C13H25NO2. The minimum atomic E-state index is -0.659. The number of likely N-dealkylation sites (tertiary alicyclic amines) is 1. The Morgan fingerprint density at radius 2 is 2.19 bits per heavy atom. The maximum Gasteiger partial charge on any atom is 0.303 e. The highest BCUT2D eigenvalue weighted by Gasteiger charge is 2.36. The lowest BCUT2D eigenvalue weighted by molar-refractivity contribution is -0.139. The van der Waals surface area contributed by atoms with Gasteiger partial charge >= 0.3 is 5.97 Å². The minimum absolute atomic E-state index is 0.227. The molecule has 0 aromatic heterocycles. The van der Waals surface area contributed by atoms with Crippen LogP contribution in [0, 0.1) is 5.92 Å². The van der Waals surface area contributed by atoms with Crippen LogP contribution in [-0.4, -0.2) is 34.1 Å². The van der Waals surface area contributed by atoms with Crippen molar-refractivity contribution in [3.05, 3.63) is 0 Å². The molecule has 0 aromatic rings. The van der Waals surface area contributed by atoms with Gasteiger partial charge in [0.05, 0.1) is 0 Å². The molecule has 0 saturated carbocycles. The van der Waals surface area contributed by atoms with Crippen molar-refractivity contribution < 1.29 is 9.90 Å². The van der Waals surface area contributed by atoms with Gasteiger partial charge in [0.15, 0.2) is 0 Å². The molecule has 16 heavy (non-hydrogen) atoms. The predicted molar refractivity (Wildman–Crippen MR) is 65.5 cm³/mol. The van der Waals surface area contributed by atoms with Crippen molar-refractivity contribution in [2.24, 2.45) is 5.92 Å². The van der Waals surface area contributed by atoms with Gasteiger partial charge in [-0.25, -0.2) is 0 Å². The average molecular weight is 227 g/mol. The molecule has 2 atom stereocenters. The Balaban J connectivity index is 2.66. The summed E-state index contributed by atoms with van der Waals surface area (Å²) >= 11 is 0. The number of rotatable bonds is 4. The van der Waals surface area contributed by atoms with Gasteiger partial charge in [-0.2, -0.15) is 0 Å². The highest BCUT2D eigenvalue weighted by atomic mass is 16.4. The third-order valence-electron chi connectivity index (χ3n) is 3.98. The summed E-state index contributed by atoms with van der Waals surface area (Å²) in [6, 6.07) is 0.548. The van der Waals surface area contributed by atoms with E-state index in [1.54, 1.807) is 0 Å². The number of nitrogens with zero attached hydrogens (tertiary/aromatic N) is 1. The standard InChI is InChI=1S/C13H25NO2/c1-5-10(2)14-9-11(8-12(15)16)6-7-13(14,3)4/h10-11H,5-9H2,1-4H3,(H,15,16). The molecule has 1 aliphatic heterocycles. The number of hydrogen-bond acceptors (Lipinski definition) is 2. The van der Waals surface area contributed by atoms with Gasteiger partial charge in [0.1, 0.15) is 0 Å². The first kappa shape index (κ1) is 13.5. The van der Waals surface area contributed by atoms with Crippen molar-refractivity contribution >= 4 is 5.97 Å². The first-order valence-electron chi connectivity index (χ1n) is 6.35. The summed E-state index contributed by atoms with van der Waals surface area (Å²) in [7, 11) is 0. The fourth-order valence-electron chi connectivity index (χ4n) is 2.73. The van der Waals surface area contributed by atoms with Gasteiger partial charge in [0, 0.05) is 24.5 Å². The second-order valence-electron chi connectivity index (χ2n) is 5.72. The molecule has 1 fully saturated rings. The highest BCUT2D eigenvalue weighted by molar-refractivity contribution is 5.67. The van der Waals surface area contributed by atoms with E-state index in [0.717, 1.165) is 25.8 Å². The Labute approximate surface area is 98.8 Å². The summed E-state index contributed by atoms with van der Waals surface area (Å²) in [5.74, 6) is -0.326. The number of carbonyl (C=O) groups is 1. The summed E-state index contributed by atoms with van der Waals surface area (Å²) in [5.41, 5.74) is 0.227. The maximum absolute atomic E-state index is 10.8. The molecule has 3 nitrogen and oxygen atoms in total.